The monoisotopic (exact) mass is 857 g/mol. The molecule has 4 heteroatoms. The Hall–Kier alpha value is -7.97. The summed E-state index contributed by atoms with van der Waals surface area (Å²) in [7, 11) is -1.11. The Labute approximate surface area is 385 Å². The first kappa shape index (κ1) is 36.4. The summed E-state index contributed by atoms with van der Waals surface area (Å²) in [6.07, 6.45) is 0. The maximum atomic E-state index is 2.66. The summed E-state index contributed by atoms with van der Waals surface area (Å²) in [6.45, 7) is 0. The van der Waals surface area contributed by atoms with E-state index in [1.165, 1.54) is 106 Å². The quantitative estimate of drug-likeness (QED) is 0.160. The highest BCUT2D eigenvalue weighted by atomic mass is 31.1. The van der Waals surface area contributed by atoms with Gasteiger partial charge in [-0.1, -0.05) is 194 Å². The molecule has 3 nitrogen and oxygen atoms in total. The maximum Gasteiger partial charge on any atom is 0.0742 e. The van der Waals surface area contributed by atoms with Gasteiger partial charge in [-0.15, -0.1) is 0 Å². The van der Waals surface area contributed by atoms with Gasteiger partial charge in [-0.3, -0.25) is 0 Å². The van der Waals surface area contributed by atoms with E-state index < -0.39 is 18.8 Å². The normalized spacial score (nSPS) is 15.7. The van der Waals surface area contributed by atoms with Gasteiger partial charge in [0.2, 0.25) is 0 Å². The first-order chi connectivity index (χ1) is 32.8. The van der Waals surface area contributed by atoms with Crippen molar-refractivity contribution in [3.05, 3.63) is 287 Å². The van der Waals surface area contributed by atoms with Gasteiger partial charge in [0.05, 0.1) is 56.3 Å². The third-order valence-electron chi connectivity index (χ3n) is 15.1. The van der Waals surface area contributed by atoms with Crippen LogP contribution in [0.15, 0.2) is 243 Å². The fourth-order valence-corrected chi connectivity index (χ4v) is 15.9. The van der Waals surface area contributed by atoms with Crippen LogP contribution in [-0.2, 0) is 10.8 Å². The molecule has 0 bridgehead atoms. The van der Waals surface area contributed by atoms with Crippen molar-refractivity contribution < 1.29 is 0 Å². The van der Waals surface area contributed by atoms with E-state index in [0.29, 0.717) is 0 Å². The second kappa shape index (κ2) is 13.3. The van der Waals surface area contributed by atoms with E-state index in [-0.39, 0.29) is 0 Å². The van der Waals surface area contributed by atoms with Crippen LogP contribution in [0.5, 0.6) is 0 Å². The molecule has 0 unspecified atom stereocenters. The summed E-state index contributed by atoms with van der Waals surface area (Å²) in [5.41, 5.74) is 20.3. The molecule has 5 aliphatic heterocycles. The molecule has 0 radical (unpaired) electrons. The maximum absolute atomic E-state index is 2.66. The molecule has 0 N–H and O–H groups in total. The van der Waals surface area contributed by atoms with Crippen LogP contribution < -0.4 is 30.6 Å². The van der Waals surface area contributed by atoms with E-state index in [2.05, 4.69) is 257 Å². The molecule has 0 amide bonds. The molecule has 5 aliphatic rings. The van der Waals surface area contributed by atoms with Gasteiger partial charge in [-0.2, -0.15) is 0 Å². The fourth-order valence-electron chi connectivity index (χ4n) is 12.8. The zero-order chi connectivity index (χ0) is 43.1. The number of fused-ring (bicyclic) bond motifs is 6. The third kappa shape index (κ3) is 4.33. The minimum atomic E-state index is -1.11. The van der Waals surface area contributed by atoms with Gasteiger partial charge < -0.3 is 14.7 Å². The molecule has 0 spiro atoms. The van der Waals surface area contributed by atoms with Crippen LogP contribution in [0.3, 0.4) is 0 Å². The summed E-state index contributed by atoms with van der Waals surface area (Å²) in [4.78, 5) is 7.89. The summed E-state index contributed by atoms with van der Waals surface area (Å²) >= 11 is 0. The Kier molecular flexibility index (Phi) is 7.33. The number of benzene rings is 10. The van der Waals surface area contributed by atoms with E-state index in [4.69, 9.17) is 0 Å². The van der Waals surface area contributed by atoms with E-state index in [0.717, 1.165) is 5.69 Å². The molecule has 10 aromatic rings. The van der Waals surface area contributed by atoms with Crippen molar-refractivity contribution in [2.75, 3.05) is 14.7 Å². The molecule has 0 saturated heterocycles. The molecule has 15 rings (SSSR count). The van der Waals surface area contributed by atoms with Crippen molar-refractivity contribution in [2.24, 2.45) is 0 Å². The predicted octanol–water partition coefficient (Wildman–Crippen LogP) is 14.2. The Morgan fingerprint density at radius 2 is 0.576 bits per heavy atom. The van der Waals surface area contributed by atoms with Crippen LogP contribution in [0.1, 0.15) is 44.5 Å². The first-order valence-electron chi connectivity index (χ1n) is 23.0. The summed E-state index contributed by atoms with van der Waals surface area (Å²) < 4.78 is 0. The van der Waals surface area contributed by atoms with Gasteiger partial charge in [0.15, 0.2) is 0 Å². The molecular weight excluding hydrogens is 818 g/mol. The number of hydrogen-bond donors (Lipinski definition) is 0. The van der Waals surface area contributed by atoms with Crippen LogP contribution in [0.2, 0.25) is 0 Å². The Morgan fingerprint density at radius 3 is 0.985 bits per heavy atom. The number of anilines is 9. The molecule has 0 aliphatic carbocycles. The second-order valence-corrected chi connectivity index (χ2v) is 20.0. The lowest BCUT2D eigenvalue weighted by atomic mass is 9.62. The lowest BCUT2D eigenvalue weighted by molar-refractivity contribution is 0.730. The van der Waals surface area contributed by atoms with E-state index in [1.807, 2.05) is 0 Å². The number of para-hydroxylation sites is 3. The summed E-state index contributed by atoms with van der Waals surface area (Å²) in [5.74, 6) is 0. The van der Waals surface area contributed by atoms with Crippen LogP contribution >= 0.6 is 7.92 Å². The van der Waals surface area contributed by atoms with Crippen molar-refractivity contribution in [3.63, 3.8) is 0 Å². The number of nitrogens with zero attached hydrogens (tertiary/aromatic N) is 3. The molecule has 0 saturated carbocycles. The summed E-state index contributed by atoms with van der Waals surface area (Å²) in [6, 6.07) is 91.5. The topological polar surface area (TPSA) is 9.72 Å². The Bertz CT molecular complexity index is 3320. The predicted molar refractivity (Wildman–Crippen MR) is 274 cm³/mol. The van der Waals surface area contributed by atoms with Crippen LogP contribution in [0.25, 0.3) is 0 Å². The van der Waals surface area contributed by atoms with Crippen LogP contribution in [-0.4, -0.2) is 0 Å². The highest BCUT2D eigenvalue weighted by molar-refractivity contribution is 7.82. The number of rotatable bonds is 5. The SMILES string of the molecule is c1ccc(N2c3ccc4c5c3P3c6c(cccc6N6c7ccccc7C(c7ccccc7)(c7ccccc7)c7ccc2c3c76)N5c2ccccc2C4(c2ccccc2)c2ccccc2)cc1. The lowest BCUT2D eigenvalue weighted by Crippen LogP contribution is -2.51. The van der Waals surface area contributed by atoms with Crippen molar-refractivity contribution in [3.8, 4) is 0 Å². The van der Waals surface area contributed by atoms with Gasteiger partial charge in [-0.05, 0) is 93.0 Å². The van der Waals surface area contributed by atoms with Crippen molar-refractivity contribution in [1.82, 2.24) is 0 Å². The highest BCUT2D eigenvalue weighted by Crippen LogP contribution is 2.70. The van der Waals surface area contributed by atoms with Crippen LogP contribution in [0.4, 0.5) is 51.2 Å². The Morgan fingerprint density at radius 1 is 0.242 bits per heavy atom. The smallest absolute Gasteiger partial charge is 0.0742 e. The standard InChI is InChI=1S/C62H40N3P/c1-6-21-41(22-7-1)61(42-23-8-2-9-24-42)46-31-16-18-33-50(46)64-52-35-20-36-53-58(52)66-59-54(39-37-48(61)56(59)64)63(45-29-14-5-15-30-45)55-40-38-49-57(60(55)66)65(53)51-34-19-17-32-47(51)62(49,43-25-10-3-11-26-43)44-27-12-4-13-28-44/h1-40H. The first-order valence-corrected chi connectivity index (χ1v) is 24.3. The highest BCUT2D eigenvalue weighted by Gasteiger charge is 2.57. The molecule has 10 aromatic carbocycles. The largest absolute Gasteiger partial charge is 0.309 e. The molecule has 0 fully saturated rings. The minimum absolute atomic E-state index is 0.588. The van der Waals surface area contributed by atoms with Gasteiger partial charge in [0, 0.05) is 29.5 Å². The minimum Gasteiger partial charge on any atom is -0.309 e. The zero-order valence-electron chi connectivity index (χ0n) is 35.9. The number of hydrogen-bond acceptors (Lipinski definition) is 3. The second-order valence-electron chi connectivity index (χ2n) is 18.0. The Balaban J connectivity index is 1.15. The molecule has 0 aromatic heterocycles. The zero-order valence-corrected chi connectivity index (χ0v) is 36.8. The van der Waals surface area contributed by atoms with Gasteiger partial charge >= 0.3 is 0 Å². The van der Waals surface area contributed by atoms with E-state index in [9.17, 15) is 0 Å². The van der Waals surface area contributed by atoms with Crippen molar-refractivity contribution >= 4 is 75.0 Å². The molecule has 5 heterocycles. The van der Waals surface area contributed by atoms with Gasteiger partial charge in [0.25, 0.3) is 0 Å². The average Bonchev–Trinajstić information content (AvgIpc) is 3.40. The third-order valence-corrected chi connectivity index (χ3v) is 17.8. The fraction of sp³-hybridized carbons (Fsp3) is 0.0323. The van der Waals surface area contributed by atoms with E-state index in [1.54, 1.807) is 0 Å². The molecule has 0 atom stereocenters. The van der Waals surface area contributed by atoms with Crippen LogP contribution in [0, 0.1) is 0 Å². The van der Waals surface area contributed by atoms with Gasteiger partial charge in [0.1, 0.15) is 0 Å². The van der Waals surface area contributed by atoms with E-state index >= 15 is 0 Å². The molecule has 66 heavy (non-hydrogen) atoms. The summed E-state index contributed by atoms with van der Waals surface area (Å²) in [5, 5.41) is 4.25. The average molecular weight is 858 g/mol. The van der Waals surface area contributed by atoms with Crippen molar-refractivity contribution in [2.45, 2.75) is 10.8 Å². The molecule has 308 valence electrons. The lowest BCUT2D eigenvalue weighted by Gasteiger charge is -2.56. The molecular formula is C62H40N3P. The van der Waals surface area contributed by atoms with Crippen molar-refractivity contribution in [1.29, 1.82) is 0 Å². The van der Waals surface area contributed by atoms with Gasteiger partial charge in [-0.25, -0.2) is 0 Å².